The molecule has 38 heavy (non-hydrogen) atoms. The summed E-state index contributed by atoms with van der Waals surface area (Å²) < 4.78 is 1.17. The first-order valence-electron chi connectivity index (χ1n) is 13.7. The number of halogens is 2. The fourth-order valence-electron chi connectivity index (χ4n) is 6.39. The first-order valence-corrected chi connectivity index (χ1v) is 24.1. The monoisotopic (exact) mass is 620 g/mol. The molecule has 3 aromatic carbocycles. The van der Waals surface area contributed by atoms with Gasteiger partial charge in [-0.2, -0.15) is 0 Å². The van der Waals surface area contributed by atoms with Crippen LogP contribution >= 0.6 is 17.0 Å². The molecular formula is C35H40Cl2Zr. The van der Waals surface area contributed by atoms with Crippen LogP contribution in [0, 0.1) is 0 Å². The molecule has 3 aromatic rings. The molecule has 0 saturated heterocycles. The van der Waals surface area contributed by atoms with Crippen molar-refractivity contribution in [2.75, 3.05) is 0 Å². The second kappa shape index (κ2) is 9.26. The van der Waals surface area contributed by atoms with Crippen molar-refractivity contribution in [2.45, 2.75) is 73.5 Å². The fraction of sp³-hybridized carbons (Fsp3) is 0.343. The summed E-state index contributed by atoms with van der Waals surface area (Å²) in [5.41, 5.74) is 10.3. The zero-order valence-corrected chi connectivity index (χ0v) is 28.0. The molecule has 1 atom stereocenters. The van der Waals surface area contributed by atoms with Crippen molar-refractivity contribution < 1.29 is 15.9 Å². The van der Waals surface area contributed by atoms with E-state index in [1.165, 1.54) is 47.7 Å². The van der Waals surface area contributed by atoms with E-state index in [1.54, 1.807) is 0 Å². The average molecular weight is 623 g/mol. The van der Waals surface area contributed by atoms with E-state index in [-0.39, 0.29) is 18.1 Å². The number of hydrogen-bond acceptors (Lipinski definition) is 0. The summed E-state index contributed by atoms with van der Waals surface area (Å²) in [6, 6.07) is 24.7. The van der Waals surface area contributed by atoms with E-state index in [1.807, 2.05) is 0 Å². The van der Waals surface area contributed by atoms with Crippen LogP contribution in [0.25, 0.3) is 16.7 Å². The van der Waals surface area contributed by atoms with Crippen LogP contribution in [-0.2, 0) is 26.7 Å². The van der Waals surface area contributed by atoms with Crippen LogP contribution in [0.4, 0.5) is 0 Å². The van der Waals surface area contributed by atoms with Crippen LogP contribution in [-0.4, -0.2) is 3.21 Å². The summed E-state index contributed by atoms with van der Waals surface area (Å²) in [7, 11) is 16.6. The third-order valence-corrected chi connectivity index (χ3v) is 31.5. The Morgan fingerprint density at radius 2 is 1.21 bits per heavy atom. The van der Waals surface area contributed by atoms with Crippen LogP contribution in [0.1, 0.15) is 86.8 Å². The number of rotatable bonds is 3. The van der Waals surface area contributed by atoms with Crippen molar-refractivity contribution in [3.05, 3.63) is 113 Å². The third kappa shape index (κ3) is 4.33. The SMILES string of the molecule is C[C](C)=[Zr]([Cl])([Cl])([CH]1C=CC=C1c1ccccc1)[CH]1c2cc(C(C)(C)C)ccc2-c2ccc(C(C)(C)C)cc21. The van der Waals surface area contributed by atoms with Gasteiger partial charge in [0.05, 0.1) is 0 Å². The van der Waals surface area contributed by atoms with Gasteiger partial charge in [-0.15, -0.1) is 0 Å². The van der Waals surface area contributed by atoms with E-state index in [0.29, 0.717) is 0 Å². The molecule has 3 heteroatoms. The Labute approximate surface area is 237 Å². The minimum atomic E-state index is -4.92. The van der Waals surface area contributed by atoms with Crippen molar-refractivity contribution >= 4 is 25.8 Å². The van der Waals surface area contributed by atoms with Gasteiger partial charge in [0.15, 0.2) is 0 Å². The fourth-order valence-corrected chi connectivity index (χ4v) is 22.4. The molecule has 5 rings (SSSR count). The van der Waals surface area contributed by atoms with Gasteiger partial charge >= 0.3 is 239 Å². The maximum atomic E-state index is 8.32. The van der Waals surface area contributed by atoms with Gasteiger partial charge in [-0.3, -0.25) is 0 Å². The predicted octanol–water partition coefficient (Wildman–Crippen LogP) is 11.0. The van der Waals surface area contributed by atoms with Crippen LogP contribution in [0.3, 0.4) is 0 Å². The number of benzene rings is 3. The molecule has 0 N–H and O–H groups in total. The molecule has 2 aliphatic carbocycles. The van der Waals surface area contributed by atoms with Crippen molar-refractivity contribution in [3.63, 3.8) is 0 Å². The summed E-state index contributed by atoms with van der Waals surface area (Å²) in [6.45, 7) is 18.1. The molecule has 0 radical (unpaired) electrons. The molecule has 198 valence electrons. The molecule has 0 nitrogen and oxygen atoms in total. The zero-order chi connectivity index (χ0) is 27.7. The molecule has 0 aliphatic heterocycles. The predicted molar refractivity (Wildman–Crippen MR) is 166 cm³/mol. The Kier molecular flexibility index (Phi) is 6.83. The number of fused-ring (bicyclic) bond motifs is 3. The first kappa shape index (κ1) is 28.0. The summed E-state index contributed by atoms with van der Waals surface area (Å²) in [5, 5.41) is 0. The molecular weight excluding hydrogens is 583 g/mol. The van der Waals surface area contributed by atoms with E-state index in [4.69, 9.17) is 17.0 Å². The Morgan fingerprint density at radius 3 is 1.66 bits per heavy atom. The molecule has 2 aliphatic rings. The molecule has 1 unspecified atom stereocenters. The Hall–Kier alpha value is -1.53. The molecule has 0 saturated carbocycles. The third-order valence-electron chi connectivity index (χ3n) is 8.82. The van der Waals surface area contributed by atoms with Gasteiger partial charge in [0.1, 0.15) is 0 Å². The molecule has 0 amide bonds. The summed E-state index contributed by atoms with van der Waals surface area (Å²) in [4.78, 5) is 0. The van der Waals surface area contributed by atoms with Crippen molar-refractivity contribution in [3.8, 4) is 11.1 Å². The Balaban J connectivity index is 1.85. The van der Waals surface area contributed by atoms with E-state index < -0.39 is 15.9 Å². The van der Waals surface area contributed by atoms with Gasteiger partial charge in [-0.25, -0.2) is 0 Å². The summed E-state index contributed by atoms with van der Waals surface area (Å²) in [5.74, 6) is 0. The second-order valence-corrected chi connectivity index (χ2v) is 35.4. The minimum absolute atomic E-state index is 0.00689. The van der Waals surface area contributed by atoms with Crippen LogP contribution in [0.2, 0.25) is 3.63 Å². The number of allylic oxidation sites excluding steroid dienone is 4. The quantitative estimate of drug-likeness (QED) is 0.273. The van der Waals surface area contributed by atoms with E-state index >= 15 is 0 Å². The first-order chi connectivity index (χ1) is 17.6. The van der Waals surface area contributed by atoms with Gasteiger partial charge in [0, 0.05) is 0 Å². The van der Waals surface area contributed by atoms with Gasteiger partial charge in [-0.1, -0.05) is 0 Å². The molecule has 0 bridgehead atoms. The van der Waals surface area contributed by atoms with Gasteiger partial charge in [-0.05, 0) is 0 Å². The Morgan fingerprint density at radius 1 is 0.711 bits per heavy atom. The van der Waals surface area contributed by atoms with Gasteiger partial charge in [0.2, 0.25) is 0 Å². The van der Waals surface area contributed by atoms with E-state index in [2.05, 4.69) is 140 Å². The zero-order valence-electron chi connectivity index (χ0n) is 24.0. The van der Waals surface area contributed by atoms with E-state index in [9.17, 15) is 0 Å². The summed E-state index contributed by atoms with van der Waals surface area (Å²) in [6.07, 6.45) is 6.69. The van der Waals surface area contributed by atoms with Crippen molar-refractivity contribution in [2.24, 2.45) is 0 Å². The van der Waals surface area contributed by atoms with Gasteiger partial charge in [0.25, 0.3) is 0 Å². The maximum absolute atomic E-state index is 8.32. The topological polar surface area (TPSA) is 0 Å². The van der Waals surface area contributed by atoms with Crippen LogP contribution in [0.15, 0.2) is 85.0 Å². The molecule has 0 heterocycles. The van der Waals surface area contributed by atoms with E-state index in [0.717, 1.165) is 0 Å². The number of hydrogen-bond donors (Lipinski definition) is 0. The van der Waals surface area contributed by atoms with Gasteiger partial charge < -0.3 is 0 Å². The normalized spacial score (nSPS) is 17.9. The van der Waals surface area contributed by atoms with Crippen molar-refractivity contribution in [1.82, 2.24) is 0 Å². The standard InChI is InChI=1S/C21H25.C11H9.C3H6.2ClH.Zr/c1-20(2,3)16-7-9-18-14(12-16)11-15-13-17(21(4,5)6)8-10-19(15)18;1-2-6-10(7-3-1)11-8-4-5-9-11;1-3-2;;;/h7-13H,1-6H3;1-9H;1-2H3;2*1H;/q;;;;;+2/p-2. The summed E-state index contributed by atoms with van der Waals surface area (Å²) >= 11 is -4.92. The van der Waals surface area contributed by atoms with Crippen LogP contribution < -0.4 is 0 Å². The molecule has 0 fully saturated rings. The van der Waals surface area contributed by atoms with Crippen LogP contribution in [0.5, 0.6) is 0 Å². The molecule has 0 aromatic heterocycles. The average Bonchev–Trinajstić information content (AvgIpc) is 3.47. The van der Waals surface area contributed by atoms with Crippen molar-refractivity contribution in [1.29, 1.82) is 0 Å². The second-order valence-electron chi connectivity index (χ2n) is 13.5. The molecule has 0 spiro atoms. The Bertz CT molecular complexity index is 1480.